The van der Waals surface area contributed by atoms with Crippen molar-refractivity contribution in [1.82, 2.24) is 54.8 Å². The summed E-state index contributed by atoms with van der Waals surface area (Å²) in [6, 6.07) is 0. The Kier molecular flexibility index (Phi) is 45.0. The second-order valence-corrected chi connectivity index (χ2v) is 34.4. The molecule has 0 radical (unpaired) electrons. The van der Waals surface area contributed by atoms with E-state index in [9.17, 15) is 137 Å². The average Bonchev–Trinajstić information content (AvgIpc) is 0.804. The number of carbonyl (C=O) groups excluding carboxylic acids is 6. The topological polar surface area (TPSA) is 654 Å². The fourth-order valence-electron chi connectivity index (χ4n) is 8.70. The average molecular weight is 1890 g/mol. The van der Waals surface area contributed by atoms with Crippen LogP contribution in [0.25, 0.3) is 0 Å². The predicted octanol–water partition coefficient (Wildman–Crippen LogP) is -7.01. The van der Waals surface area contributed by atoms with Gasteiger partial charge in [-0.05, 0) is 13.8 Å². The summed E-state index contributed by atoms with van der Waals surface area (Å²) in [4.78, 5) is 219. The molecule has 0 aliphatic carbocycles. The van der Waals surface area contributed by atoms with Crippen LogP contribution in [-0.2, 0) is 208 Å². The standard InChI is InChI=1S/C20H25N3O9.C18H21N3O9.C15H21N3O12S3.C15H21N3O9S3/c1-6-15(24)30-10-7-21-18(27)22(8-11-31-16(25)13(2)3)20(29)23(19(21)28)9-12-32-17(26)14(4)5;1-4-13(22)28-10-7-19-16(25)20(8-11-29-14(23)5-2)18(27)21(17(19)26)9-12-30-15(24)6-3;1-4-31(22,23)28-10-7-16-13(19)17(8-11-29-32(24,25)5-2)15(21)18(14(16)20)9-12-30-33(26,27)6-3;1-4-28(22,23)10-7-16-13(19)17(8-11-29(24,25)5-2)15(21)18(14(16)20)9-12-30(26,27)6-3/h6H,1-2,4,7-12H2,3,5H3;4-6H,1-3,7-12H2;4-6H,1-3,7-12H2;4-6H,1-3,7-12H2. The number of nitrogens with zero attached hydrogens (tertiary/aromatic N) is 12. The maximum absolute atomic E-state index is 12.7. The number of esters is 6. The van der Waals surface area contributed by atoms with Crippen LogP contribution in [0.1, 0.15) is 13.8 Å². The van der Waals surface area contributed by atoms with Gasteiger partial charge in [-0.25, -0.2) is 166 Å². The Morgan fingerprint density at radius 1 is 0.240 bits per heavy atom. The summed E-state index contributed by atoms with van der Waals surface area (Å²) < 4.78 is 187. The van der Waals surface area contributed by atoms with Crippen LogP contribution >= 0.6 is 0 Å². The zero-order chi connectivity index (χ0) is 95.9. The van der Waals surface area contributed by atoms with Crippen molar-refractivity contribution >= 4 is 95.7 Å². The molecular weight excluding hydrogens is 1800 g/mol. The van der Waals surface area contributed by atoms with Crippen molar-refractivity contribution in [3.8, 4) is 0 Å². The molecule has 0 bridgehead atoms. The quantitative estimate of drug-likeness (QED) is 0.0172. The van der Waals surface area contributed by atoms with Gasteiger partial charge >= 0.3 is 104 Å². The molecule has 57 heteroatoms. The molecule has 0 atom stereocenters. The van der Waals surface area contributed by atoms with E-state index in [4.69, 9.17) is 28.4 Å². The van der Waals surface area contributed by atoms with Gasteiger partial charge in [-0.3, -0.25) is 12.5 Å². The van der Waals surface area contributed by atoms with E-state index in [0.717, 1.165) is 24.3 Å². The van der Waals surface area contributed by atoms with Crippen LogP contribution in [-0.4, -0.2) is 218 Å². The van der Waals surface area contributed by atoms with Crippen LogP contribution in [0.15, 0.2) is 204 Å². The number of ether oxygens (including phenoxy) is 6. The van der Waals surface area contributed by atoms with Gasteiger partial charge in [0.25, 0.3) is 30.4 Å². The van der Waals surface area contributed by atoms with Gasteiger partial charge in [-0.15, -0.1) is 0 Å². The van der Waals surface area contributed by atoms with Gasteiger partial charge in [0.15, 0.2) is 29.5 Å². The Labute approximate surface area is 708 Å². The first kappa shape index (κ1) is 110. The van der Waals surface area contributed by atoms with Gasteiger partial charge in [-0.2, -0.15) is 25.3 Å². The molecule has 4 heterocycles. The number of hydrogen-bond donors (Lipinski definition) is 0. The molecule has 0 amide bonds. The van der Waals surface area contributed by atoms with Crippen molar-refractivity contribution in [2.24, 2.45) is 0 Å². The lowest BCUT2D eigenvalue weighted by Gasteiger charge is -2.14. The van der Waals surface area contributed by atoms with E-state index in [1.807, 2.05) is 0 Å². The highest BCUT2D eigenvalue weighted by atomic mass is 32.2. The van der Waals surface area contributed by atoms with Crippen molar-refractivity contribution in [3.05, 3.63) is 273 Å². The van der Waals surface area contributed by atoms with Crippen molar-refractivity contribution in [1.29, 1.82) is 0 Å². The SMILES string of the molecule is C=CC(=O)OCCn1c(=O)n(CCOC(=O)C(=C)C)c(=O)n(CCOC(=O)C(=C)C)c1=O.C=CC(=O)OCCn1c(=O)n(CCOC(=O)C=C)c(=O)n(CCOC(=O)C=C)c1=O.C=CS(=O)(=O)CCn1c(=O)n(CCS(=O)(=O)C=C)c(=O)n(CCS(=O)(=O)C=C)c1=O.C=CS(=O)(=O)OCCn1c(=O)n(CCOS(=O)(=O)C=C)c(=O)n(CCOS(=O)(=O)C=C)c1=O. The smallest absolute Gasteiger partial charge is 0.336 e. The number of carbonyl (C=O) groups is 6. The number of rotatable bonds is 51. The maximum Gasteiger partial charge on any atom is 0.336 e. The Bertz CT molecular complexity index is 5760. The molecule has 0 saturated carbocycles. The highest BCUT2D eigenvalue weighted by Gasteiger charge is 2.24. The molecule has 0 aromatic carbocycles. The van der Waals surface area contributed by atoms with E-state index < -0.39 is 240 Å². The van der Waals surface area contributed by atoms with Crippen molar-refractivity contribution < 1.29 is 120 Å². The minimum absolute atomic E-state index is 0.128. The van der Waals surface area contributed by atoms with Gasteiger partial charge < -0.3 is 28.4 Å². The fraction of sp³-hybridized carbons (Fsp3) is 0.382. The van der Waals surface area contributed by atoms with Crippen LogP contribution in [0.3, 0.4) is 0 Å². The lowest BCUT2D eigenvalue weighted by atomic mass is 10.4. The third-order valence-corrected chi connectivity index (χ3v) is 21.6. The summed E-state index contributed by atoms with van der Waals surface area (Å²) in [5, 5.41) is 3.34. The third kappa shape index (κ3) is 35.7. The van der Waals surface area contributed by atoms with Crippen molar-refractivity contribution in [2.45, 2.75) is 92.4 Å². The van der Waals surface area contributed by atoms with Gasteiger partial charge in [0.05, 0.1) is 112 Å². The normalized spacial score (nSPS) is 11.2. The molecule has 4 rings (SSSR count). The van der Waals surface area contributed by atoms with E-state index >= 15 is 0 Å². The van der Waals surface area contributed by atoms with Gasteiger partial charge in [-0.1, -0.05) is 78.9 Å². The van der Waals surface area contributed by atoms with Crippen molar-refractivity contribution in [3.63, 3.8) is 0 Å². The molecule has 690 valence electrons. The Morgan fingerprint density at radius 2 is 0.384 bits per heavy atom. The molecule has 4 aromatic rings. The van der Waals surface area contributed by atoms with Gasteiger partial charge in [0.1, 0.15) is 39.6 Å². The molecule has 4 aromatic heterocycles. The largest absolute Gasteiger partial charge is 0.461 e. The first-order valence-electron chi connectivity index (χ1n) is 34.9. The zero-order valence-electron chi connectivity index (χ0n) is 67.0. The highest BCUT2D eigenvalue weighted by molar-refractivity contribution is 7.94. The van der Waals surface area contributed by atoms with Crippen LogP contribution in [0.4, 0.5) is 0 Å². The summed E-state index contributed by atoms with van der Waals surface area (Å²) in [5.74, 6) is -6.55. The summed E-state index contributed by atoms with van der Waals surface area (Å²) in [6.07, 6.45) is 3.63. The lowest BCUT2D eigenvalue weighted by Crippen LogP contribution is -2.55. The van der Waals surface area contributed by atoms with E-state index in [2.05, 4.69) is 91.5 Å². The van der Waals surface area contributed by atoms with Crippen LogP contribution in [0, 0.1) is 0 Å². The molecule has 0 aliphatic rings. The van der Waals surface area contributed by atoms with E-state index in [1.165, 1.54) is 13.8 Å². The number of aromatic nitrogens is 12. The summed E-state index contributed by atoms with van der Waals surface area (Å²) >= 11 is 0. The second-order valence-electron chi connectivity index (χ2n) is 23.6. The second kappa shape index (κ2) is 51.1. The highest BCUT2D eigenvalue weighted by Crippen LogP contribution is 2.01. The predicted molar refractivity (Wildman–Crippen MR) is 440 cm³/mol. The van der Waals surface area contributed by atoms with Crippen LogP contribution in [0.2, 0.25) is 0 Å². The molecule has 51 nitrogen and oxygen atoms in total. The summed E-state index contributed by atoms with van der Waals surface area (Å²) in [6.45, 7) is 30.9. The Hall–Kier alpha value is -13.1. The molecule has 0 aliphatic heterocycles. The lowest BCUT2D eigenvalue weighted by molar-refractivity contribution is -0.140. The van der Waals surface area contributed by atoms with Crippen LogP contribution < -0.4 is 68.3 Å². The van der Waals surface area contributed by atoms with Gasteiger partial charge in [0, 0.05) is 71.3 Å². The first-order valence-corrected chi connectivity index (χ1v) is 44.4. The zero-order valence-corrected chi connectivity index (χ0v) is 71.9. The van der Waals surface area contributed by atoms with E-state index in [1.54, 1.807) is 0 Å². The molecule has 0 saturated heterocycles. The summed E-state index contributed by atoms with van der Waals surface area (Å²) in [7, 11) is -23.8. The van der Waals surface area contributed by atoms with Crippen molar-refractivity contribution in [2.75, 3.05) is 76.7 Å². The molecule has 0 N–H and O–H groups in total. The minimum atomic E-state index is -4.13. The van der Waals surface area contributed by atoms with Gasteiger partial charge in [0.2, 0.25) is 0 Å². The molecule has 0 unspecified atom stereocenters. The van der Waals surface area contributed by atoms with Crippen LogP contribution in [0.5, 0.6) is 0 Å². The first-order chi connectivity index (χ1) is 58.2. The molecule has 125 heavy (non-hydrogen) atoms. The molecule has 0 spiro atoms. The minimum Gasteiger partial charge on any atom is -0.461 e. The molecular formula is C68H88N12O39S6. The summed E-state index contributed by atoms with van der Waals surface area (Å²) in [5.41, 5.74) is -13.0. The maximum atomic E-state index is 12.7. The number of hydrogen-bond acceptors (Lipinski definition) is 39. The Balaban J connectivity index is 0.000000834. The molecule has 0 fully saturated rings. The van der Waals surface area contributed by atoms with E-state index in [0.29, 0.717) is 87.3 Å². The number of sulfone groups is 3. The monoisotopic (exact) mass is 1890 g/mol. The van der Waals surface area contributed by atoms with E-state index in [-0.39, 0.29) is 90.1 Å². The fourth-order valence-corrected chi connectivity index (χ4v) is 11.7. The third-order valence-electron chi connectivity index (χ3n) is 15.1. The Morgan fingerprint density at radius 3 is 0.520 bits per heavy atom.